The summed E-state index contributed by atoms with van der Waals surface area (Å²) in [7, 11) is 0. The summed E-state index contributed by atoms with van der Waals surface area (Å²) in [5, 5.41) is 4.41. The summed E-state index contributed by atoms with van der Waals surface area (Å²) in [4.78, 5) is 0. The molecule has 0 atom stereocenters. The third-order valence-electron chi connectivity index (χ3n) is 4.30. The average molecular weight is 357 g/mol. The summed E-state index contributed by atoms with van der Waals surface area (Å²) in [6.07, 6.45) is 21.3. The van der Waals surface area contributed by atoms with E-state index in [0.29, 0.717) is 0 Å². The largest absolute Gasteiger partial charge is 0.152 e. The van der Waals surface area contributed by atoms with Gasteiger partial charge in [-0.1, -0.05) is 47.1 Å². The normalized spacial score (nSPS) is 12.8. The van der Waals surface area contributed by atoms with Crippen molar-refractivity contribution in [3.05, 3.63) is 69.5 Å². The smallest absolute Gasteiger partial charge is 0.00611 e. The molecular weight excluding hydrogens is 320 g/mol. The van der Waals surface area contributed by atoms with Gasteiger partial charge in [0.1, 0.15) is 0 Å². The zero-order chi connectivity index (χ0) is 18.3. The summed E-state index contributed by atoms with van der Waals surface area (Å²) in [6, 6.07) is 2.22. The van der Waals surface area contributed by atoms with Crippen molar-refractivity contribution in [2.45, 2.75) is 79.1 Å². The van der Waals surface area contributed by atoms with Crippen molar-refractivity contribution in [1.29, 1.82) is 0 Å². The SMILES string of the molecule is CC(C)=CCCC(C)=CCCC(C)=CCCC=CCCc1ccsc1. The second-order valence-corrected chi connectivity index (χ2v) is 7.96. The van der Waals surface area contributed by atoms with Crippen LogP contribution in [0.2, 0.25) is 0 Å². The average Bonchev–Trinajstić information content (AvgIpc) is 3.07. The van der Waals surface area contributed by atoms with Crippen LogP contribution in [0, 0.1) is 0 Å². The lowest BCUT2D eigenvalue weighted by Crippen LogP contribution is -1.81. The van der Waals surface area contributed by atoms with Crippen molar-refractivity contribution in [2.24, 2.45) is 0 Å². The van der Waals surface area contributed by atoms with Gasteiger partial charge in [-0.25, -0.2) is 0 Å². The van der Waals surface area contributed by atoms with Crippen molar-refractivity contribution in [1.82, 2.24) is 0 Å². The first-order valence-corrected chi connectivity index (χ1v) is 10.6. The molecule has 0 radical (unpaired) electrons. The van der Waals surface area contributed by atoms with Crippen LogP contribution in [0.5, 0.6) is 0 Å². The van der Waals surface area contributed by atoms with Crippen LogP contribution in [0.4, 0.5) is 0 Å². The van der Waals surface area contributed by atoms with Crippen molar-refractivity contribution in [3.8, 4) is 0 Å². The molecule has 0 spiro atoms. The maximum absolute atomic E-state index is 2.42. The van der Waals surface area contributed by atoms with E-state index in [1.165, 1.54) is 67.2 Å². The van der Waals surface area contributed by atoms with Crippen molar-refractivity contribution in [2.75, 3.05) is 0 Å². The van der Waals surface area contributed by atoms with E-state index in [1.807, 2.05) is 0 Å². The lowest BCUT2D eigenvalue weighted by atomic mass is 10.1. The second-order valence-electron chi connectivity index (χ2n) is 7.18. The van der Waals surface area contributed by atoms with Gasteiger partial charge in [0.05, 0.1) is 0 Å². The lowest BCUT2D eigenvalue weighted by Gasteiger charge is -2.01. The number of hydrogen-bond acceptors (Lipinski definition) is 1. The Morgan fingerprint density at radius 1 is 0.800 bits per heavy atom. The lowest BCUT2D eigenvalue weighted by molar-refractivity contribution is 0.906. The molecule has 138 valence electrons. The highest BCUT2D eigenvalue weighted by atomic mass is 32.1. The molecular formula is C24H36S. The minimum absolute atomic E-state index is 1.16. The van der Waals surface area contributed by atoms with Crippen LogP contribution >= 0.6 is 11.3 Å². The van der Waals surface area contributed by atoms with E-state index in [4.69, 9.17) is 0 Å². The van der Waals surface area contributed by atoms with Crippen LogP contribution in [-0.2, 0) is 6.42 Å². The third kappa shape index (κ3) is 12.6. The zero-order valence-electron chi connectivity index (χ0n) is 16.7. The van der Waals surface area contributed by atoms with Gasteiger partial charge in [0.2, 0.25) is 0 Å². The first-order valence-electron chi connectivity index (χ1n) is 9.68. The molecule has 0 N–H and O–H groups in total. The van der Waals surface area contributed by atoms with Crippen LogP contribution in [0.25, 0.3) is 0 Å². The van der Waals surface area contributed by atoms with Gasteiger partial charge < -0.3 is 0 Å². The molecule has 0 fully saturated rings. The molecule has 0 saturated carbocycles. The first kappa shape index (κ1) is 21.7. The van der Waals surface area contributed by atoms with Crippen LogP contribution in [-0.4, -0.2) is 0 Å². The molecule has 1 rings (SSSR count). The highest BCUT2D eigenvalue weighted by Gasteiger charge is 1.92. The number of unbranched alkanes of at least 4 members (excludes halogenated alkanes) is 1. The van der Waals surface area contributed by atoms with Gasteiger partial charge in [0.25, 0.3) is 0 Å². The van der Waals surface area contributed by atoms with Gasteiger partial charge in [-0.2, -0.15) is 11.3 Å². The van der Waals surface area contributed by atoms with Gasteiger partial charge in [0, 0.05) is 0 Å². The Bertz CT molecular complexity index is 563. The van der Waals surface area contributed by atoms with Crippen molar-refractivity contribution >= 4 is 11.3 Å². The van der Waals surface area contributed by atoms with Gasteiger partial charge >= 0.3 is 0 Å². The molecule has 25 heavy (non-hydrogen) atoms. The van der Waals surface area contributed by atoms with E-state index in [2.05, 4.69) is 74.9 Å². The number of rotatable bonds is 12. The fourth-order valence-electron chi connectivity index (χ4n) is 2.69. The minimum Gasteiger partial charge on any atom is -0.152 e. The molecule has 1 aromatic heterocycles. The van der Waals surface area contributed by atoms with Gasteiger partial charge in [-0.3, -0.25) is 0 Å². The Hall–Kier alpha value is -1.34. The van der Waals surface area contributed by atoms with Crippen LogP contribution < -0.4 is 0 Å². The number of thiophene rings is 1. The van der Waals surface area contributed by atoms with E-state index >= 15 is 0 Å². The fourth-order valence-corrected chi connectivity index (χ4v) is 3.39. The molecule has 1 aromatic rings. The predicted octanol–water partition coefficient (Wildman–Crippen LogP) is 8.44. The molecule has 0 aliphatic carbocycles. The molecule has 0 nitrogen and oxygen atoms in total. The maximum atomic E-state index is 2.42. The fraction of sp³-hybridized carbons (Fsp3) is 0.500. The maximum Gasteiger partial charge on any atom is -0.00611 e. The van der Waals surface area contributed by atoms with Crippen molar-refractivity contribution < 1.29 is 0 Å². The van der Waals surface area contributed by atoms with Crippen LogP contribution in [0.15, 0.2) is 63.9 Å². The Kier molecular flexibility index (Phi) is 12.1. The molecule has 0 aromatic carbocycles. The van der Waals surface area contributed by atoms with E-state index in [-0.39, 0.29) is 0 Å². The highest BCUT2D eigenvalue weighted by Crippen LogP contribution is 2.12. The van der Waals surface area contributed by atoms with E-state index < -0.39 is 0 Å². The van der Waals surface area contributed by atoms with Crippen molar-refractivity contribution in [3.63, 3.8) is 0 Å². The Balaban J connectivity index is 2.09. The Morgan fingerprint density at radius 3 is 2.08 bits per heavy atom. The zero-order valence-corrected chi connectivity index (χ0v) is 17.5. The third-order valence-corrected chi connectivity index (χ3v) is 5.03. The second kappa shape index (κ2) is 13.9. The highest BCUT2D eigenvalue weighted by molar-refractivity contribution is 7.07. The predicted molar refractivity (Wildman–Crippen MR) is 116 cm³/mol. The summed E-state index contributed by atoms with van der Waals surface area (Å²) in [5.41, 5.74) is 5.94. The van der Waals surface area contributed by atoms with Gasteiger partial charge in [-0.05, 0) is 101 Å². The number of aryl methyl sites for hydroxylation is 1. The van der Waals surface area contributed by atoms with Crippen LogP contribution in [0.1, 0.15) is 78.2 Å². The Morgan fingerprint density at radius 2 is 1.44 bits per heavy atom. The summed E-state index contributed by atoms with van der Waals surface area (Å²) in [5.74, 6) is 0. The van der Waals surface area contributed by atoms with Gasteiger partial charge in [0.15, 0.2) is 0 Å². The molecule has 0 bridgehead atoms. The molecule has 0 saturated heterocycles. The summed E-state index contributed by atoms with van der Waals surface area (Å²) in [6.45, 7) is 8.88. The van der Waals surface area contributed by atoms with Crippen LogP contribution in [0.3, 0.4) is 0 Å². The minimum atomic E-state index is 1.16. The summed E-state index contributed by atoms with van der Waals surface area (Å²) >= 11 is 1.79. The van der Waals surface area contributed by atoms with E-state index in [1.54, 1.807) is 11.3 Å². The topological polar surface area (TPSA) is 0 Å². The molecule has 0 unspecified atom stereocenters. The molecule has 0 aliphatic heterocycles. The number of allylic oxidation sites excluding steroid dienone is 8. The molecule has 0 aliphatic rings. The monoisotopic (exact) mass is 356 g/mol. The number of hydrogen-bond donors (Lipinski definition) is 0. The standard InChI is InChI=1S/C24H36S/c1-21(2)12-10-14-23(4)16-11-15-22(3)13-8-6-5-7-9-17-24-18-19-25-20-24/h5,7,12-13,16,18-20H,6,8-11,14-15,17H2,1-4H3. The molecule has 0 amide bonds. The first-order chi connectivity index (χ1) is 12.1. The van der Waals surface area contributed by atoms with Gasteiger partial charge in [-0.15, -0.1) is 0 Å². The molecule has 1 heteroatoms. The quantitative estimate of drug-likeness (QED) is 0.260. The van der Waals surface area contributed by atoms with E-state index in [0.717, 1.165) is 6.42 Å². The summed E-state index contributed by atoms with van der Waals surface area (Å²) < 4.78 is 0. The molecule has 1 heterocycles. The Labute approximate surface area is 160 Å². The van der Waals surface area contributed by atoms with E-state index in [9.17, 15) is 0 Å².